The standard InChI is InChI=1S/C20H28N4O4/c1-21-18(14-12-22-23(2)13-14)20(25)24-10-8-15(9-11-24)28-19-16(26-3)6-5-7-17(19)27-4/h5-7,12-13,15,18,21H,8-11H2,1-4H3. The summed E-state index contributed by atoms with van der Waals surface area (Å²) in [5, 5.41) is 7.27. The van der Waals surface area contributed by atoms with Crippen LogP contribution in [0.1, 0.15) is 24.4 Å². The van der Waals surface area contributed by atoms with Crippen molar-refractivity contribution in [2.75, 3.05) is 34.4 Å². The highest BCUT2D eigenvalue weighted by molar-refractivity contribution is 5.83. The number of aryl methyl sites for hydroxylation is 1. The lowest BCUT2D eigenvalue weighted by atomic mass is 10.0. The number of carbonyl (C=O) groups excluding carboxylic acids is 1. The van der Waals surface area contributed by atoms with Crippen molar-refractivity contribution in [3.63, 3.8) is 0 Å². The van der Waals surface area contributed by atoms with Crippen LogP contribution in [0.5, 0.6) is 17.2 Å². The zero-order chi connectivity index (χ0) is 20.1. The van der Waals surface area contributed by atoms with E-state index in [1.165, 1.54) is 0 Å². The number of para-hydroxylation sites is 1. The topological polar surface area (TPSA) is 77.9 Å². The van der Waals surface area contributed by atoms with Gasteiger partial charge in [-0.25, -0.2) is 0 Å². The van der Waals surface area contributed by atoms with Crippen molar-refractivity contribution in [3.8, 4) is 17.2 Å². The Labute approximate surface area is 165 Å². The third kappa shape index (κ3) is 4.22. The minimum Gasteiger partial charge on any atom is -0.493 e. The number of methoxy groups -OCH3 is 2. The lowest BCUT2D eigenvalue weighted by molar-refractivity contribution is -0.135. The summed E-state index contributed by atoms with van der Waals surface area (Å²) < 4.78 is 18.7. The smallest absolute Gasteiger partial charge is 0.244 e. The number of nitrogens with zero attached hydrogens (tertiary/aromatic N) is 3. The monoisotopic (exact) mass is 388 g/mol. The molecular weight excluding hydrogens is 360 g/mol. The molecule has 0 saturated carbocycles. The molecule has 1 aliphatic rings. The number of hydrogen-bond donors (Lipinski definition) is 1. The molecule has 1 aliphatic heterocycles. The summed E-state index contributed by atoms with van der Waals surface area (Å²) in [5.74, 6) is 1.96. The molecule has 1 unspecified atom stereocenters. The molecule has 152 valence electrons. The van der Waals surface area contributed by atoms with Crippen LogP contribution >= 0.6 is 0 Å². The average Bonchev–Trinajstić information content (AvgIpc) is 3.15. The second kappa shape index (κ2) is 8.97. The number of rotatable bonds is 7. The molecule has 1 aromatic carbocycles. The minimum atomic E-state index is -0.388. The highest BCUT2D eigenvalue weighted by Crippen LogP contribution is 2.38. The van der Waals surface area contributed by atoms with Gasteiger partial charge in [0, 0.05) is 44.7 Å². The van der Waals surface area contributed by atoms with Crippen LogP contribution in [0, 0.1) is 0 Å². The quantitative estimate of drug-likeness (QED) is 0.779. The van der Waals surface area contributed by atoms with Crippen molar-refractivity contribution in [2.45, 2.75) is 25.0 Å². The highest BCUT2D eigenvalue weighted by atomic mass is 16.5. The van der Waals surface area contributed by atoms with Crippen molar-refractivity contribution in [1.82, 2.24) is 20.0 Å². The predicted molar refractivity (Wildman–Crippen MR) is 105 cm³/mol. The first-order chi connectivity index (χ1) is 13.6. The summed E-state index contributed by atoms with van der Waals surface area (Å²) in [4.78, 5) is 14.8. The van der Waals surface area contributed by atoms with Gasteiger partial charge in [-0.3, -0.25) is 9.48 Å². The van der Waals surface area contributed by atoms with Crippen molar-refractivity contribution in [1.29, 1.82) is 0 Å². The molecule has 1 atom stereocenters. The number of carbonyl (C=O) groups is 1. The Morgan fingerprint density at radius 1 is 1.21 bits per heavy atom. The van der Waals surface area contributed by atoms with E-state index in [0.717, 1.165) is 18.4 Å². The van der Waals surface area contributed by atoms with Gasteiger partial charge in [0.15, 0.2) is 11.5 Å². The number of benzene rings is 1. The van der Waals surface area contributed by atoms with E-state index < -0.39 is 0 Å². The number of aromatic nitrogens is 2. The van der Waals surface area contributed by atoms with Crippen molar-refractivity contribution in [3.05, 3.63) is 36.2 Å². The molecule has 8 heteroatoms. The van der Waals surface area contributed by atoms with E-state index in [4.69, 9.17) is 14.2 Å². The molecule has 2 heterocycles. The van der Waals surface area contributed by atoms with E-state index >= 15 is 0 Å². The second-order valence-electron chi connectivity index (χ2n) is 6.80. The first-order valence-electron chi connectivity index (χ1n) is 9.39. The molecule has 28 heavy (non-hydrogen) atoms. The number of hydrogen-bond acceptors (Lipinski definition) is 6. The zero-order valence-corrected chi connectivity index (χ0v) is 16.8. The van der Waals surface area contributed by atoms with Gasteiger partial charge in [0.25, 0.3) is 0 Å². The molecule has 0 bridgehead atoms. The Bertz CT molecular complexity index is 777. The van der Waals surface area contributed by atoms with E-state index in [1.807, 2.05) is 36.3 Å². The van der Waals surface area contributed by atoms with Gasteiger partial charge in [-0.15, -0.1) is 0 Å². The number of ether oxygens (including phenoxy) is 3. The van der Waals surface area contributed by atoms with Gasteiger partial charge in [-0.1, -0.05) is 6.07 Å². The van der Waals surface area contributed by atoms with Gasteiger partial charge in [-0.2, -0.15) is 5.10 Å². The maximum Gasteiger partial charge on any atom is 0.244 e. The van der Waals surface area contributed by atoms with Crippen LogP contribution in [-0.2, 0) is 11.8 Å². The Morgan fingerprint density at radius 2 is 1.86 bits per heavy atom. The minimum absolute atomic E-state index is 0.000627. The van der Waals surface area contributed by atoms with Crippen molar-refractivity contribution in [2.24, 2.45) is 7.05 Å². The van der Waals surface area contributed by atoms with Crippen molar-refractivity contribution < 1.29 is 19.0 Å². The molecule has 3 rings (SSSR count). The fourth-order valence-electron chi connectivity index (χ4n) is 3.50. The van der Waals surface area contributed by atoms with Gasteiger partial charge < -0.3 is 24.4 Å². The van der Waals surface area contributed by atoms with Gasteiger partial charge in [0.2, 0.25) is 11.7 Å². The molecule has 2 aromatic rings. The van der Waals surface area contributed by atoms with Crippen LogP contribution in [0.4, 0.5) is 0 Å². The SMILES string of the molecule is CNC(C(=O)N1CCC(Oc2c(OC)cccc2OC)CC1)c1cnn(C)c1. The summed E-state index contributed by atoms with van der Waals surface area (Å²) in [5.41, 5.74) is 0.868. The molecule has 0 radical (unpaired) electrons. The first kappa shape index (κ1) is 20.0. The summed E-state index contributed by atoms with van der Waals surface area (Å²) in [6, 6.07) is 5.17. The third-order valence-corrected chi connectivity index (χ3v) is 5.01. The maximum absolute atomic E-state index is 13.0. The lowest BCUT2D eigenvalue weighted by Gasteiger charge is -2.34. The maximum atomic E-state index is 13.0. The van der Waals surface area contributed by atoms with Crippen LogP contribution in [0.25, 0.3) is 0 Å². The molecule has 0 aliphatic carbocycles. The van der Waals surface area contributed by atoms with E-state index in [-0.39, 0.29) is 18.1 Å². The van der Waals surface area contributed by atoms with Gasteiger partial charge >= 0.3 is 0 Å². The number of nitrogens with one attached hydrogen (secondary N) is 1. The van der Waals surface area contributed by atoms with E-state index in [1.54, 1.807) is 32.1 Å². The number of amides is 1. The summed E-state index contributed by atoms with van der Waals surface area (Å²) in [6.07, 6.45) is 5.08. The van der Waals surface area contributed by atoms with Crippen molar-refractivity contribution >= 4 is 5.91 Å². The van der Waals surface area contributed by atoms with Gasteiger partial charge in [0.05, 0.1) is 20.4 Å². The molecule has 1 aromatic heterocycles. The van der Waals surface area contributed by atoms with Crippen LogP contribution in [-0.4, -0.2) is 61.0 Å². The number of likely N-dealkylation sites (N-methyl/N-ethyl adjacent to an activating group) is 1. The van der Waals surface area contributed by atoms with E-state index in [2.05, 4.69) is 10.4 Å². The normalized spacial score (nSPS) is 15.9. The Balaban J connectivity index is 1.62. The van der Waals surface area contributed by atoms with Gasteiger partial charge in [-0.05, 0) is 19.2 Å². The largest absolute Gasteiger partial charge is 0.493 e. The number of likely N-dealkylation sites (tertiary alicyclic amines) is 1. The Hall–Kier alpha value is -2.74. The van der Waals surface area contributed by atoms with Crippen LogP contribution in [0.2, 0.25) is 0 Å². The first-order valence-corrected chi connectivity index (χ1v) is 9.39. The van der Waals surface area contributed by atoms with Crippen LogP contribution in [0.3, 0.4) is 0 Å². The summed E-state index contributed by atoms with van der Waals surface area (Å²) in [7, 11) is 6.85. The van der Waals surface area contributed by atoms with E-state index in [9.17, 15) is 4.79 Å². The van der Waals surface area contributed by atoms with E-state index in [0.29, 0.717) is 30.3 Å². The highest BCUT2D eigenvalue weighted by Gasteiger charge is 2.30. The Kier molecular flexibility index (Phi) is 6.41. The molecule has 1 amide bonds. The molecular formula is C20H28N4O4. The molecule has 1 fully saturated rings. The predicted octanol–water partition coefficient (Wildman–Crippen LogP) is 1.77. The molecule has 1 saturated heterocycles. The zero-order valence-electron chi connectivity index (χ0n) is 16.8. The Morgan fingerprint density at radius 3 is 2.36 bits per heavy atom. The third-order valence-electron chi connectivity index (χ3n) is 5.01. The van der Waals surface area contributed by atoms with Crippen LogP contribution < -0.4 is 19.5 Å². The fraction of sp³-hybridized carbons (Fsp3) is 0.500. The average molecular weight is 388 g/mol. The molecule has 8 nitrogen and oxygen atoms in total. The van der Waals surface area contributed by atoms with Crippen LogP contribution in [0.15, 0.2) is 30.6 Å². The lowest BCUT2D eigenvalue weighted by Crippen LogP contribution is -2.46. The fourth-order valence-corrected chi connectivity index (χ4v) is 3.50. The molecule has 1 N–H and O–H groups in total. The summed E-state index contributed by atoms with van der Waals surface area (Å²) in [6.45, 7) is 1.28. The van der Waals surface area contributed by atoms with Gasteiger partial charge in [0.1, 0.15) is 12.1 Å². The second-order valence-corrected chi connectivity index (χ2v) is 6.80. The molecule has 0 spiro atoms. The number of piperidine rings is 1. The summed E-state index contributed by atoms with van der Waals surface area (Å²) >= 11 is 0.